The summed E-state index contributed by atoms with van der Waals surface area (Å²) in [5.74, 6) is 0.857. The molecular formula is C20H17FN4O3. The van der Waals surface area contributed by atoms with Crippen LogP contribution in [0.2, 0.25) is 0 Å². The third kappa shape index (κ3) is 4.18. The first kappa shape index (κ1) is 17.7. The van der Waals surface area contributed by atoms with Gasteiger partial charge >= 0.3 is 0 Å². The highest BCUT2D eigenvalue weighted by Gasteiger charge is 2.22. The van der Waals surface area contributed by atoms with E-state index in [1.54, 1.807) is 24.4 Å². The molecule has 0 fully saturated rings. The molecule has 3 N–H and O–H groups in total. The monoisotopic (exact) mass is 380 g/mol. The predicted octanol–water partition coefficient (Wildman–Crippen LogP) is 3.81. The summed E-state index contributed by atoms with van der Waals surface area (Å²) in [4.78, 5) is 8.55. The minimum atomic E-state index is -0.723. The van der Waals surface area contributed by atoms with E-state index in [1.165, 1.54) is 18.4 Å². The van der Waals surface area contributed by atoms with E-state index in [0.717, 1.165) is 11.3 Å². The number of hydrogen-bond donors (Lipinski definition) is 3. The van der Waals surface area contributed by atoms with Gasteiger partial charge in [-0.05, 0) is 35.9 Å². The SMILES string of the molecule is OCc1cccc(Nc2nccc(NC3=COC(c4cccc(F)c4)O3)n2)c1. The molecule has 0 saturated carbocycles. The van der Waals surface area contributed by atoms with Crippen LogP contribution in [-0.4, -0.2) is 15.1 Å². The summed E-state index contributed by atoms with van der Waals surface area (Å²) < 4.78 is 24.4. The molecular weight excluding hydrogens is 363 g/mol. The Morgan fingerprint density at radius 2 is 1.96 bits per heavy atom. The standard InChI is InChI=1S/C20H17FN4O3/c21-15-5-2-4-14(10-15)19-27-12-18(28-19)24-17-7-8-22-20(25-17)23-16-6-1-3-13(9-16)11-26/h1-10,12,19,26H,11H2,(H2,22,23,24,25). The van der Waals surface area contributed by atoms with Crippen molar-refractivity contribution in [3.8, 4) is 0 Å². The lowest BCUT2D eigenvalue weighted by Crippen LogP contribution is -2.06. The van der Waals surface area contributed by atoms with Crippen LogP contribution < -0.4 is 10.6 Å². The maximum absolute atomic E-state index is 13.4. The molecule has 1 aromatic heterocycles. The average Bonchev–Trinajstić information content (AvgIpc) is 3.17. The lowest BCUT2D eigenvalue weighted by atomic mass is 10.2. The fourth-order valence-corrected chi connectivity index (χ4v) is 2.64. The second-order valence-corrected chi connectivity index (χ2v) is 6.00. The summed E-state index contributed by atoms with van der Waals surface area (Å²) in [5.41, 5.74) is 2.11. The van der Waals surface area contributed by atoms with Gasteiger partial charge in [0.2, 0.25) is 11.8 Å². The second kappa shape index (κ2) is 7.93. The quantitative estimate of drug-likeness (QED) is 0.599. The Bertz CT molecular complexity index is 1010. The van der Waals surface area contributed by atoms with Gasteiger partial charge < -0.3 is 25.2 Å². The zero-order valence-corrected chi connectivity index (χ0v) is 14.7. The molecule has 3 aromatic rings. The van der Waals surface area contributed by atoms with Gasteiger partial charge in [0.1, 0.15) is 17.9 Å². The van der Waals surface area contributed by atoms with Gasteiger partial charge in [0, 0.05) is 17.4 Å². The highest BCUT2D eigenvalue weighted by molar-refractivity contribution is 5.56. The fourth-order valence-electron chi connectivity index (χ4n) is 2.64. The van der Waals surface area contributed by atoms with Crippen LogP contribution in [0.15, 0.2) is 72.9 Å². The van der Waals surface area contributed by atoms with Crippen LogP contribution in [0, 0.1) is 5.82 Å². The molecule has 0 radical (unpaired) electrons. The van der Waals surface area contributed by atoms with E-state index in [2.05, 4.69) is 20.6 Å². The minimum Gasteiger partial charge on any atom is -0.453 e. The first-order chi connectivity index (χ1) is 13.7. The van der Waals surface area contributed by atoms with E-state index >= 15 is 0 Å². The minimum absolute atomic E-state index is 0.0457. The van der Waals surface area contributed by atoms with Crippen molar-refractivity contribution in [3.05, 3.63) is 89.9 Å². The van der Waals surface area contributed by atoms with Crippen LogP contribution in [0.25, 0.3) is 0 Å². The van der Waals surface area contributed by atoms with Crippen LogP contribution in [0.4, 0.5) is 21.8 Å². The van der Waals surface area contributed by atoms with Crippen LogP contribution in [0.1, 0.15) is 17.4 Å². The topological polar surface area (TPSA) is 88.5 Å². The molecule has 0 amide bonds. The Labute approximate surface area is 160 Å². The Morgan fingerprint density at radius 1 is 1.07 bits per heavy atom. The first-order valence-corrected chi connectivity index (χ1v) is 8.54. The van der Waals surface area contributed by atoms with Crippen molar-refractivity contribution in [2.75, 3.05) is 10.6 Å². The van der Waals surface area contributed by atoms with Crippen LogP contribution in [0.5, 0.6) is 0 Å². The molecule has 2 aromatic carbocycles. The summed E-state index contributed by atoms with van der Waals surface area (Å²) in [5, 5.41) is 15.3. The molecule has 0 aliphatic carbocycles. The van der Waals surface area contributed by atoms with Crippen molar-refractivity contribution in [2.24, 2.45) is 0 Å². The van der Waals surface area contributed by atoms with Gasteiger partial charge in [-0.15, -0.1) is 0 Å². The Morgan fingerprint density at radius 3 is 2.82 bits per heavy atom. The zero-order valence-electron chi connectivity index (χ0n) is 14.7. The van der Waals surface area contributed by atoms with Crippen LogP contribution >= 0.6 is 0 Å². The molecule has 1 aliphatic rings. The van der Waals surface area contributed by atoms with Crippen LogP contribution in [-0.2, 0) is 16.1 Å². The molecule has 8 heteroatoms. The average molecular weight is 380 g/mol. The van der Waals surface area contributed by atoms with Gasteiger partial charge in [0.25, 0.3) is 6.29 Å². The molecule has 2 heterocycles. The lowest BCUT2D eigenvalue weighted by molar-refractivity contribution is -0.0325. The van der Waals surface area contributed by atoms with Crippen molar-refractivity contribution in [2.45, 2.75) is 12.9 Å². The number of nitrogens with one attached hydrogen (secondary N) is 2. The summed E-state index contributed by atoms with van der Waals surface area (Å²) >= 11 is 0. The van der Waals surface area contributed by atoms with Gasteiger partial charge in [-0.3, -0.25) is 0 Å². The number of halogens is 1. The maximum atomic E-state index is 13.4. The van der Waals surface area contributed by atoms with E-state index in [-0.39, 0.29) is 12.4 Å². The van der Waals surface area contributed by atoms with E-state index in [0.29, 0.717) is 23.2 Å². The smallest absolute Gasteiger partial charge is 0.268 e. The molecule has 1 unspecified atom stereocenters. The summed E-state index contributed by atoms with van der Waals surface area (Å²) in [6.45, 7) is -0.0457. The number of aliphatic hydroxyl groups excluding tert-OH is 1. The maximum Gasteiger partial charge on any atom is 0.268 e. The number of benzene rings is 2. The van der Waals surface area contributed by atoms with Crippen molar-refractivity contribution in [1.29, 1.82) is 0 Å². The largest absolute Gasteiger partial charge is 0.453 e. The van der Waals surface area contributed by atoms with Crippen molar-refractivity contribution < 1.29 is 19.0 Å². The summed E-state index contributed by atoms with van der Waals surface area (Å²) in [6, 6.07) is 15.0. The molecule has 1 aliphatic heterocycles. The number of nitrogens with zero attached hydrogens (tertiary/aromatic N) is 2. The number of ether oxygens (including phenoxy) is 2. The highest BCUT2D eigenvalue weighted by atomic mass is 19.1. The predicted molar refractivity (Wildman–Crippen MR) is 101 cm³/mol. The van der Waals surface area contributed by atoms with E-state index in [9.17, 15) is 9.50 Å². The zero-order chi connectivity index (χ0) is 19.3. The Hall–Kier alpha value is -3.65. The normalized spacial score (nSPS) is 15.4. The molecule has 142 valence electrons. The lowest BCUT2D eigenvalue weighted by Gasteiger charge is -2.13. The molecule has 7 nitrogen and oxygen atoms in total. The molecule has 0 bridgehead atoms. The number of aliphatic hydroxyl groups is 1. The highest BCUT2D eigenvalue weighted by Crippen LogP contribution is 2.29. The van der Waals surface area contributed by atoms with Gasteiger partial charge in [-0.2, -0.15) is 4.98 Å². The molecule has 28 heavy (non-hydrogen) atoms. The first-order valence-electron chi connectivity index (χ1n) is 8.54. The van der Waals surface area contributed by atoms with Gasteiger partial charge in [0.15, 0.2) is 0 Å². The number of aromatic nitrogens is 2. The van der Waals surface area contributed by atoms with E-state index in [4.69, 9.17) is 9.47 Å². The Kier molecular flexibility index (Phi) is 5.03. The molecule has 0 saturated heterocycles. The number of rotatable bonds is 6. The molecule has 4 rings (SSSR count). The van der Waals surface area contributed by atoms with Crippen LogP contribution in [0.3, 0.4) is 0 Å². The van der Waals surface area contributed by atoms with Crippen molar-refractivity contribution in [1.82, 2.24) is 9.97 Å². The Balaban J connectivity index is 1.41. The van der Waals surface area contributed by atoms with E-state index in [1.807, 2.05) is 24.3 Å². The molecule has 1 atom stereocenters. The van der Waals surface area contributed by atoms with Gasteiger partial charge in [-0.25, -0.2) is 9.37 Å². The fraction of sp³-hybridized carbons (Fsp3) is 0.100. The third-order valence-corrected chi connectivity index (χ3v) is 3.93. The van der Waals surface area contributed by atoms with E-state index < -0.39 is 6.29 Å². The summed E-state index contributed by atoms with van der Waals surface area (Å²) in [6.07, 6.45) is 2.28. The molecule has 0 spiro atoms. The summed E-state index contributed by atoms with van der Waals surface area (Å²) in [7, 11) is 0. The van der Waals surface area contributed by atoms with Gasteiger partial charge in [-0.1, -0.05) is 24.3 Å². The second-order valence-electron chi connectivity index (χ2n) is 6.00. The third-order valence-electron chi connectivity index (χ3n) is 3.93. The van der Waals surface area contributed by atoms with Crippen molar-refractivity contribution >= 4 is 17.5 Å². The van der Waals surface area contributed by atoms with Gasteiger partial charge in [0.05, 0.1) is 6.61 Å². The number of anilines is 3. The van der Waals surface area contributed by atoms with Crippen molar-refractivity contribution in [3.63, 3.8) is 0 Å². The number of hydrogen-bond acceptors (Lipinski definition) is 7.